The van der Waals surface area contributed by atoms with Gasteiger partial charge in [-0.15, -0.1) is 19.0 Å². The van der Waals surface area contributed by atoms with E-state index in [9.17, 15) is 4.79 Å². The zero-order valence-corrected chi connectivity index (χ0v) is 17.4. The molecule has 0 aliphatic carbocycles. The summed E-state index contributed by atoms with van der Waals surface area (Å²) in [5.41, 5.74) is 3.94. The Hall–Kier alpha value is -2.56. The molecule has 1 heterocycles. The maximum Gasteiger partial charge on any atom is 0.255 e. The first-order valence-corrected chi connectivity index (χ1v) is 9.23. The van der Waals surface area contributed by atoms with Crippen LogP contribution in [0.2, 0.25) is 5.02 Å². The maximum atomic E-state index is 12.7. The molecule has 0 atom stereocenters. The number of carbonyl (C=O) groups excluding carboxylic acids is 1. The molecule has 3 aromatic rings. The third-order valence-electron chi connectivity index (χ3n) is 4.34. The molecule has 4 nitrogen and oxygen atoms in total. The average Bonchev–Trinajstić information content (AvgIpc) is 2.67. The maximum absolute atomic E-state index is 12.7. The molecule has 1 aromatic heterocycles. The summed E-state index contributed by atoms with van der Waals surface area (Å²) in [6.45, 7) is 8.31. The zero-order valence-electron chi connectivity index (χ0n) is 15.8. The number of pyridine rings is 1. The molecule has 0 fully saturated rings. The van der Waals surface area contributed by atoms with Crippen LogP contribution in [0, 0.1) is 0 Å². The lowest BCUT2D eigenvalue weighted by Gasteiger charge is -2.18. The molecule has 0 radical (unpaired) electrons. The number of anilines is 2. The highest BCUT2D eigenvalue weighted by atomic mass is 35.5. The van der Waals surface area contributed by atoms with E-state index in [1.807, 2.05) is 30.3 Å². The van der Waals surface area contributed by atoms with E-state index in [-0.39, 0.29) is 18.3 Å². The number of para-hydroxylation sites is 2. The van der Waals surface area contributed by atoms with Crippen LogP contribution in [0.15, 0.2) is 61.3 Å². The molecule has 0 aliphatic heterocycles. The van der Waals surface area contributed by atoms with Crippen LogP contribution < -0.4 is 10.6 Å². The molecule has 0 saturated heterocycles. The Balaban J connectivity index is 0.00000280. The Morgan fingerprint density at radius 3 is 2.68 bits per heavy atom. The van der Waals surface area contributed by atoms with E-state index in [2.05, 4.69) is 42.1 Å². The topological polar surface area (TPSA) is 54.0 Å². The Labute approximate surface area is 176 Å². The minimum atomic E-state index is -0.214. The van der Waals surface area contributed by atoms with Gasteiger partial charge in [-0.05, 0) is 23.6 Å². The highest BCUT2D eigenvalue weighted by Crippen LogP contribution is 2.34. The van der Waals surface area contributed by atoms with Gasteiger partial charge in [-0.1, -0.05) is 61.9 Å². The van der Waals surface area contributed by atoms with Crippen molar-refractivity contribution in [2.75, 3.05) is 11.9 Å². The Morgan fingerprint density at radius 1 is 1.21 bits per heavy atom. The molecule has 0 spiro atoms. The number of amides is 1. The van der Waals surface area contributed by atoms with Gasteiger partial charge in [0.05, 0.1) is 21.8 Å². The van der Waals surface area contributed by atoms with Gasteiger partial charge < -0.3 is 10.6 Å². The molecule has 2 N–H and O–H groups in total. The standard InChI is InChI=1S/C22H22ClN3O.ClH/c1-4-12-24-22(27)17-13-25-21-16(9-7-10-18(21)23)20(17)26-19-11-6-5-8-15(19)14(2)3;/h4-11,13-14H,1,12H2,2-3H3,(H,24,27)(H,25,26);1H. The van der Waals surface area contributed by atoms with E-state index in [1.165, 1.54) is 5.56 Å². The van der Waals surface area contributed by atoms with Crippen molar-refractivity contribution in [3.05, 3.63) is 77.5 Å². The van der Waals surface area contributed by atoms with Gasteiger partial charge in [0.25, 0.3) is 5.91 Å². The van der Waals surface area contributed by atoms with Crippen molar-refractivity contribution >= 4 is 52.2 Å². The van der Waals surface area contributed by atoms with Crippen LogP contribution in [-0.4, -0.2) is 17.4 Å². The SMILES string of the molecule is C=CCNC(=O)c1cnc2c(Cl)cccc2c1Nc1ccccc1C(C)C.Cl. The van der Waals surface area contributed by atoms with Gasteiger partial charge in [0.2, 0.25) is 0 Å². The molecule has 2 aromatic carbocycles. The smallest absolute Gasteiger partial charge is 0.255 e. The van der Waals surface area contributed by atoms with Crippen molar-refractivity contribution in [2.24, 2.45) is 0 Å². The number of hydrogen-bond acceptors (Lipinski definition) is 3. The van der Waals surface area contributed by atoms with E-state index in [1.54, 1.807) is 18.3 Å². The van der Waals surface area contributed by atoms with Crippen molar-refractivity contribution in [2.45, 2.75) is 19.8 Å². The van der Waals surface area contributed by atoms with Crippen LogP contribution in [-0.2, 0) is 0 Å². The predicted octanol–water partition coefficient (Wildman–Crippen LogP) is 6.09. The summed E-state index contributed by atoms with van der Waals surface area (Å²) in [4.78, 5) is 17.1. The minimum absolute atomic E-state index is 0. The fraction of sp³-hybridized carbons (Fsp3) is 0.182. The van der Waals surface area contributed by atoms with Gasteiger partial charge in [-0.3, -0.25) is 9.78 Å². The predicted molar refractivity (Wildman–Crippen MR) is 120 cm³/mol. The van der Waals surface area contributed by atoms with Gasteiger partial charge in [-0.25, -0.2) is 0 Å². The van der Waals surface area contributed by atoms with Crippen LogP contribution in [0.5, 0.6) is 0 Å². The van der Waals surface area contributed by atoms with Gasteiger partial charge >= 0.3 is 0 Å². The number of benzene rings is 2. The largest absolute Gasteiger partial charge is 0.354 e. The van der Waals surface area contributed by atoms with Gasteiger partial charge in [-0.2, -0.15) is 0 Å². The Morgan fingerprint density at radius 2 is 1.96 bits per heavy atom. The Bertz CT molecular complexity index is 1000. The fourth-order valence-corrected chi connectivity index (χ4v) is 3.23. The van der Waals surface area contributed by atoms with Crippen LogP contribution >= 0.6 is 24.0 Å². The lowest BCUT2D eigenvalue weighted by Crippen LogP contribution is -2.24. The monoisotopic (exact) mass is 415 g/mol. The zero-order chi connectivity index (χ0) is 19.4. The molecule has 0 saturated carbocycles. The quantitative estimate of drug-likeness (QED) is 0.478. The van der Waals surface area contributed by atoms with Gasteiger partial charge in [0.15, 0.2) is 0 Å². The van der Waals surface area contributed by atoms with Crippen molar-refractivity contribution in [1.82, 2.24) is 10.3 Å². The summed E-state index contributed by atoms with van der Waals surface area (Å²) < 4.78 is 0. The highest BCUT2D eigenvalue weighted by Gasteiger charge is 2.18. The normalized spacial score (nSPS) is 10.4. The van der Waals surface area contributed by atoms with E-state index < -0.39 is 0 Å². The van der Waals surface area contributed by atoms with Crippen LogP contribution in [0.1, 0.15) is 35.7 Å². The van der Waals surface area contributed by atoms with Crippen LogP contribution in [0.4, 0.5) is 11.4 Å². The second-order valence-corrected chi connectivity index (χ2v) is 6.96. The molecule has 0 bridgehead atoms. The molecule has 28 heavy (non-hydrogen) atoms. The molecule has 3 rings (SSSR count). The summed E-state index contributed by atoms with van der Waals surface area (Å²) in [5, 5.41) is 7.63. The third kappa shape index (κ3) is 4.46. The van der Waals surface area contributed by atoms with E-state index in [0.717, 1.165) is 11.1 Å². The summed E-state index contributed by atoms with van der Waals surface area (Å²) in [7, 11) is 0. The number of aromatic nitrogens is 1. The molecule has 6 heteroatoms. The van der Waals surface area contributed by atoms with Crippen molar-refractivity contribution < 1.29 is 4.79 Å². The number of hydrogen-bond donors (Lipinski definition) is 2. The highest BCUT2D eigenvalue weighted by molar-refractivity contribution is 6.35. The first kappa shape index (κ1) is 21.7. The third-order valence-corrected chi connectivity index (χ3v) is 4.65. The minimum Gasteiger partial charge on any atom is -0.354 e. The number of carbonyl (C=O) groups is 1. The van der Waals surface area contributed by atoms with Crippen LogP contribution in [0.25, 0.3) is 10.9 Å². The second kappa shape index (κ2) is 9.58. The lowest BCUT2D eigenvalue weighted by atomic mass is 10.0. The van der Waals surface area contributed by atoms with Crippen molar-refractivity contribution in [3.8, 4) is 0 Å². The summed E-state index contributed by atoms with van der Waals surface area (Å²) in [6, 6.07) is 13.6. The summed E-state index contributed by atoms with van der Waals surface area (Å²) in [5.74, 6) is 0.122. The number of fused-ring (bicyclic) bond motifs is 1. The van der Waals surface area contributed by atoms with E-state index in [0.29, 0.717) is 34.3 Å². The molecular formula is C22H23Cl2N3O. The van der Waals surface area contributed by atoms with E-state index in [4.69, 9.17) is 11.6 Å². The second-order valence-electron chi connectivity index (χ2n) is 6.55. The number of nitrogens with one attached hydrogen (secondary N) is 2. The first-order chi connectivity index (χ1) is 13.0. The van der Waals surface area contributed by atoms with Gasteiger partial charge in [0.1, 0.15) is 0 Å². The molecular weight excluding hydrogens is 393 g/mol. The molecule has 1 amide bonds. The number of halogens is 2. The summed E-state index contributed by atoms with van der Waals surface area (Å²) >= 11 is 6.33. The molecule has 146 valence electrons. The number of rotatable bonds is 6. The molecule has 0 unspecified atom stereocenters. The van der Waals surface area contributed by atoms with Crippen molar-refractivity contribution in [3.63, 3.8) is 0 Å². The number of nitrogens with zero attached hydrogens (tertiary/aromatic N) is 1. The first-order valence-electron chi connectivity index (χ1n) is 8.85. The van der Waals surface area contributed by atoms with E-state index >= 15 is 0 Å². The average molecular weight is 416 g/mol. The molecule has 0 aliphatic rings. The summed E-state index contributed by atoms with van der Waals surface area (Å²) in [6.07, 6.45) is 3.21. The van der Waals surface area contributed by atoms with Gasteiger partial charge in [0, 0.05) is 23.8 Å². The van der Waals surface area contributed by atoms with Crippen LogP contribution in [0.3, 0.4) is 0 Å². The van der Waals surface area contributed by atoms with Crippen molar-refractivity contribution in [1.29, 1.82) is 0 Å². The fourth-order valence-electron chi connectivity index (χ4n) is 3.00. The Kier molecular flexibility index (Phi) is 7.44. The lowest BCUT2D eigenvalue weighted by molar-refractivity contribution is 0.0958.